The van der Waals surface area contributed by atoms with Crippen molar-refractivity contribution >= 4 is 24.0 Å². The Kier molecular flexibility index (Phi) is 4.58. The molecule has 0 saturated carbocycles. The highest BCUT2D eigenvalue weighted by atomic mass is 35.5. The van der Waals surface area contributed by atoms with Crippen LogP contribution in [0, 0.1) is 6.92 Å². The summed E-state index contributed by atoms with van der Waals surface area (Å²) < 4.78 is 38.1. The molecule has 0 bridgehead atoms. The molecule has 1 aliphatic heterocycles. The van der Waals surface area contributed by atoms with Crippen LogP contribution < -0.4 is 10.6 Å². The summed E-state index contributed by atoms with van der Waals surface area (Å²) in [5, 5.41) is 6.09. The predicted molar refractivity (Wildman–Crippen MR) is 79.3 cm³/mol. The number of hydrogen-bond acceptors (Lipinski definition) is 4. The van der Waals surface area contributed by atoms with Gasteiger partial charge < -0.3 is 10.6 Å². The number of anilines is 2. The Bertz CT molecular complexity index is 688. The van der Waals surface area contributed by atoms with E-state index < -0.39 is 11.7 Å². The predicted octanol–water partition coefficient (Wildman–Crippen LogP) is 3.57. The molecular formula is C14H14ClF3N4. The Balaban J connectivity index is 0.00000176. The highest BCUT2D eigenvalue weighted by molar-refractivity contribution is 5.85. The fourth-order valence-electron chi connectivity index (χ4n) is 2.31. The molecule has 8 heteroatoms. The second-order valence-electron chi connectivity index (χ2n) is 4.92. The van der Waals surface area contributed by atoms with Crippen molar-refractivity contribution in [2.45, 2.75) is 26.2 Å². The Morgan fingerprint density at radius 3 is 2.68 bits per heavy atom. The van der Waals surface area contributed by atoms with E-state index in [-0.39, 0.29) is 18.0 Å². The minimum absolute atomic E-state index is 0. The van der Waals surface area contributed by atoms with Gasteiger partial charge in [0, 0.05) is 30.5 Å². The van der Waals surface area contributed by atoms with Crippen molar-refractivity contribution in [1.29, 1.82) is 0 Å². The minimum atomic E-state index is -4.33. The maximum Gasteiger partial charge on any atom is 0.416 e. The first kappa shape index (κ1) is 16.5. The van der Waals surface area contributed by atoms with Gasteiger partial charge in [-0.05, 0) is 30.7 Å². The molecule has 2 aromatic rings. The van der Waals surface area contributed by atoms with Crippen molar-refractivity contribution < 1.29 is 13.2 Å². The second-order valence-corrected chi connectivity index (χ2v) is 4.92. The fourth-order valence-corrected chi connectivity index (χ4v) is 2.31. The zero-order chi connectivity index (χ0) is 15.0. The molecule has 3 rings (SSSR count). The Morgan fingerprint density at radius 1 is 1.23 bits per heavy atom. The average Bonchev–Trinajstić information content (AvgIpc) is 2.84. The van der Waals surface area contributed by atoms with Crippen LogP contribution in [-0.4, -0.2) is 9.97 Å². The molecule has 0 saturated heterocycles. The van der Waals surface area contributed by atoms with Gasteiger partial charge in [0.2, 0.25) is 5.95 Å². The van der Waals surface area contributed by atoms with Crippen molar-refractivity contribution in [3.05, 3.63) is 46.8 Å². The smallest absolute Gasteiger partial charge is 0.324 e. The molecule has 2 N–H and O–H groups in total. The van der Waals surface area contributed by atoms with Crippen LogP contribution in [0.2, 0.25) is 0 Å². The topological polar surface area (TPSA) is 49.8 Å². The number of aryl methyl sites for hydroxylation is 1. The number of benzene rings is 1. The summed E-state index contributed by atoms with van der Waals surface area (Å²) in [6.07, 6.45) is -2.61. The van der Waals surface area contributed by atoms with Gasteiger partial charge >= 0.3 is 6.18 Å². The number of halogens is 4. The fraction of sp³-hybridized carbons (Fsp3) is 0.286. The van der Waals surface area contributed by atoms with Gasteiger partial charge in [-0.25, -0.2) is 9.97 Å². The van der Waals surface area contributed by atoms with E-state index in [0.29, 0.717) is 18.2 Å². The summed E-state index contributed by atoms with van der Waals surface area (Å²) in [6, 6.07) is 3.88. The third-order valence-corrected chi connectivity index (χ3v) is 3.35. The zero-order valence-electron chi connectivity index (χ0n) is 11.7. The van der Waals surface area contributed by atoms with Crippen LogP contribution >= 0.6 is 12.4 Å². The molecule has 0 spiro atoms. The largest absolute Gasteiger partial charge is 0.416 e. The van der Waals surface area contributed by atoms with Crippen LogP contribution in [0.25, 0.3) is 0 Å². The van der Waals surface area contributed by atoms with E-state index in [1.165, 1.54) is 19.1 Å². The molecule has 1 aliphatic rings. The number of alkyl halides is 3. The van der Waals surface area contributed by atoms with Gasteiger partial charge in [0.1, 0.15) is 0 Å². The summed E-state index contributed by atoms with van der Waals surface area (Å²) in [7, 11) is 0. The van der Waals surface area contributed by atoms with E-state index in [4.69, 9.17) is 0 Å². The molecule has 0 atom stereocenters. The molecule has 0 radical (unpaired) electrons. The van der Waals surface area contributed by atoms with E-state index in [0.717, 1.165) is 23.9 Å². The van der Waals surface area contributed by atoms with E-state index in [9.17, 15) is 13.2 Å². The van der Waals surface area contributed by atoms with Gasteiger partial charge in [0.25, 0.3) is 0 Å². The first-order valence-corrected chi connectivity index (χ1v) is 6.44. The SMILES string of the molecule is Cc1cc(Nc2ncc3c(n2)CNC3)ccc1C(F)(F)F.Cl. The standard InChI is InChI=1S/C14H13F3N4.ClH/c1-8-4-10(2-3-11(8)14(15,16)17)20-13-19-6-9-5-18-7-12(9)21-13;/h2-4,6,18H,5,7H2,1H3,(H,19,20,21);1H. The lowest BCUT2D eigenvalue weighted by Gasteiger charge is -2.12. The monoisotopic (exact) mass is 330 g/mol. The molecule has 1 aromatic heterocycles. The number of fused-ring (bicyclic) bond motifs is 1. The molecule has 0 amide bonds. The molecule has 22 heavy (non-hydrogen) atoms. The summed E-state index contributed by atoms with van der Waals surface area (Å²) in [5.41, 5.74) is 2.02. The highest BCUT2D eigenvalue weighted by Gasteiger charge is 2.32. The Hall–Kier alpha value is -1.86. The van der Waals surface area contributed by atoms with Crippen molar-refractivity contribution in [3.63, 3.8) is 0 Å². The number of rotatable bonds is 2. The number of nitrogens with one attached hydrogen (secondary N) is 2. The molecule has 4 nitrogen and oxygen atoms in total. The van der Waals surface area contributed by atoms with Gasteiger partial charge in [-0.2, -0.15) is 13.2 Å². The van der Waals surface area contributed by atoms with Crippen molar-refractivity contribution in [2.75, 3.05) is 5.32 Å². The quantitative estimate of drug-likeness (QED) is 0.884. The Morgan fingerprint density at radius 2 is 2.00 bits per heavy atom. The lowest BCUT2D eigenvalue weighted by atomic mass is 10.1. The molecule has 1 aromatic carbocycles. The van der Waals surface area contributed by atoms with Crippen LogP contribution in [0.1, 0.15) is 22.4 Å². The maximum absolute atomic E-state index is 12.7. The number of nitrogens with zero attached hydrogens (tertiary/aromatic N) is 2. The first-order valence-electron chi connectivity index (χ1n) is 6.44. The molecule has 2 heterocycles. The first-order chi connectivity index (χ1) is 9.93. The Labute approximate surface area is 131 Å². The van der Waals surface area contributed by atoms with Crippen molar-refractivity contribution in [1.82, 2.24) is 15.3 Å². The third-order valence-electron chi connectivity index (χ3n) is 3.35. The van der Waals surface area contributed by atoms with E-state index in [2.05, 4.69) is 20.6 Å². The summed E-state index contributed by atoms with van der Waals surface area (Å²) in [6.45, 7) is 2.86. The van der Waals surface area contributed by atoms with Crippen molar-refractivity contribution in [3.8, 4) is 0 Å². The van der Waals surface area contributed by atoms with Crippen LogP contribution in [0.4, 0.5) is 24.8 Å². The zero-order valence-corrected chi connectivity index (χ0v) is 12.5. The van der Waals surface area contributed by atoms with Crippen LogP contribution in [0.15, 0.2) is 24.4 Å². The van der Waals surface area contributed by atoms with Crippen LogP contribution in [0.5, 0.6) is 0 Å². The molecule has 0 unspecified atom stereocenters. The third kappa shape index (κ3) is 3.31. The highest BCUT2D eigenvalue weighted by Crippen LogP contribution is 2.33. The maximum atomic E-state index is 12.7. The van der Waals surface area contributed by atoms with E-state index >= 15 is 0 Å². The van der Waals surface area contributed by atoms with Crippen molar-refractivity contribution in [2.24, 2.45) is 0 Å². The summed E-state index contributed by atoms with van der Waals surface area (Å²) >= 11 is 0. The summed E-state index contributed by atoms with van der Waals surface area (Å²) in [5.74, 6) is 0.386. The molecule has 0 aliphatic carbocycles. The normalized spacial score (nSPS) is 13.5. The lowest BCUT2D eigenvalue weighted by molar-refractivity contribution is -0.138. The van der Waals surface area contributed by atoms with Crippen LogP contribution in [0.3, 0.4) is 0 Å². The van der Waals surface area contributed by atoms with E-state index in [1.807, 2.05) is 0 Å². The van der Waals surface area contributed by atoms with Gasteiger partial charge in [-0.15, -0.1) is 12.4 Å². The second kappa shape index (κ2) is 6.10. The number of aromatic nitrogens is 2. The lowest BCUT2D eigenvalue weighted by Crippen LogP contribution is -2.08. The van der Waals surface area contributed by atoms with Gasteiger partial charge in [-0.3, -0.25) is 0 Å². The summed E-state index contributed by atoms with van der Waals surface area (Å²) in [4.78, 5) is 8.50. The van der Waals surface area contributed by atoms with E-state index in [1.54, 1.807) is 6.20 Å². The average molecular weight is 331 g/mol. The van der Waals surface area contributed by atoms with Gasteiger partial charge in [0.05, 0.1) is 11.3 Å². The molecular weight excluding hydrogens is 317 g/mol. The van der Waals surface area contributed by atoms with Crippen LogP contribution in [-0.2, 0) is 19.3 Å². The van der Waals surface area contributed by atoms with Gasteiger partial charge in [-0.1, -0.05) is 0 Å². The molecule has 118 valence electrons. The molecule has 0 fully saturated rings. The van der Waals surface area contributed by atoms with Gasteiger partial charge in [0.15, 0.2) is 0 Å². The number of hydrogen-bond donors (Lipinski definition) is 2. The minimum Gasteiger partial charge on any atom is -0.324 e.